The summed E-state index contributed by atoms with van der Waals surface area (Å²) in [5, 5.41) is 0. The number of rotatable bonds is 4. The summed E-state index contributed by atoms with van der Waals surface area (Å²) in [7, 11) is 0. The van der Waals surface area contributed by atoms with Gasteiger partial charge in [-0.2, -0.15) is 13.2 Å². The van der Waals surface area contributed by atoms with Crippen LogP contribution in [0, 0.1) is 5.92 Å². The molecule has 28 heavy (non-hydrogen) atoms. The molecule has 0 saturated carbocycles. The Morgan fingerprint density at radius 1 is 1.18 bits per heavy atom. The maximum absolute atomic E-state index is 13.5. The molecule has 9 heteroatoms. The average Bonchev–Trinajstić information content (AvgIpc) is 3.11. The molecule has 1 fully saturated rings. The number of hydrazine groups is 1. The van der Waals surface area contributed by atoms with Gasteiger partial charge in [-0.25, -0.2) is 5.43 Å². The van der Waals surface area contributed by atoms with E-state index in [0.717, 1.165) is 16.8 Å². The second-order valence-corrected chi connectivity index (χ2v) is 6.87. The number of halogens is 3. The molecule has 0 spiro atoms. The van der Waals surface area contributed by atoms with Gasteiger partial charge in [-0.3, -0.25) is 20.1 Å². The van der Waals surface area contributed by atoms with E-state index in [1.165, 1.54) is 0 Å². The normalized spacial score (nSPS) is 22.6. The van der Waals surface area contributed by atoms with Gasteiger partial charge >= 0.3 is 6.18 Å². The van der Waals surface area contributed by atoms with Crippen molar-refractivity contribution in [3.8, 4) is 5.75 Å². The van der Waals surface area contributed by atoms with Gasteiger partial charge in [0.1, 0.15) is 12.4 Å². The van der Waals surface area contributed by atoms with Crippen LogP contribution in [0.2, 0.25) is 0 Å². The topological polar surface area (TPSA) is 66.5 Å². The molecule has 1 aromatic heterocycles. The van der Waals surface area contributed by atoms with Gasteiger partial charge in [-0.15, -0.1) is 0 Å². The van der Waals surface area contributed by atoms with Crippen molar-refractivity contribution in [1.82, 2.24) is 20.7 Å². The van der Waals surface area contributed by atoms with Crippen LogP contribution in [0.3, 0.4) is 0 Å². The number of aromatic nitrogens is 1. The zero-order valence-electron chi connectivity index (χ0n) is 14.9. The maximum Gasteiger partial charge on any atom is 0.402 e. The predicted molar refractivity (Wildman–Crippen MR) is 93.7 cm³/mol. The van der Waals surface area contributed by atoms with Crippen LogP contribution >= 0.6 is 0 Å². The highest BCUT2D eigenvalue weighted by Gasteiger charge is 2.53. The summed E-state index contributed by atoms with van der Waals surface area (Å²) in [6.45, 7) is 0.923. The fourth-order valence-electron chi connectivity index (χ4n) is 3.74. The first-order valence-corrected chi connectivity index (χ1v) is 8.90. The number of amides is 1. The molecule has 1 amide bonds. The molecule has 6 nitrogen and oxygen atoms in total. The highest BCUT2D eigenvalue weighted by atomic mass is 19.4. The molecular weight excluding hydrogens is 373 g/mol. The lowest BCUT2D eigenvalue weighted by Gasteiger charge is -2.38. The molecule has 2 atom stereocenters. The number of nitrogens with one attached hydrogen (secondary N) is 2. The van der Waals surface area contributed by atoms with Crippen molar-refractivity contribution in [2.45, 2.75) is 31.9 Å². The van der Waals surface area contributed by atoms with Gasteiger partial charge < -0.3 is 4.74 Å². The number of fused-ring (bicyclic) bond motifs is 1. The minimum Gasteiger partial charge on any atom is -0.487 e. The van der Waals surface area contributed by atoms with Crippen LogP contribution in [0.4, 0.5) is 13.2 Å². The first kappa shape index (κ1) is 18.7. The number of benzene rings is 1. The standard InChI is InChI=1S/C19H19F3N4O2/c20-19(21,22)17-15(8-24-25-18(17)27)26-9-12-4-3-6-16(14(12)10-26)28-11-13-5-1-2-7-23-13/h1-7,15,17,24H,8-11H2,(H,25,27). The molecule has 2 aliphatic rings. The molecule has 2 aromatic rings. The molecule has 0 radical (unpaired) electrons. The van der Waals surface area contributed by atoms with Crippen molar-refractivity contribution in [2.24, 2.45) is 5.92 Å². The number of hydrogen-bond acceptors (Lipinski definition) is 5. The quantitative estimate of drug-likeness (QED) is 0.835. The van der Waals surface area contributed by atoms with E-state index in [9.17, 15) is 18.0 Å². The average molecular weight is 392 g/mol. The number of carbonyl (C=O) groups excluding carboxylic acids is 1. The van der Waals surface area contributed by atoms with Crippen molar-refractivity contribution in [2.75, 3.05) is 6.54 Å². The molecule has 2 N–H and O–H groups in total. The molecule has 0 bridgehead atoms. The van der Waals surface area contributed by atoms with Gasteiger partial charge in [0.15, 0.2) is 5.92 Å². The van der Waals surface area contributed by atoms with Crippen LogP contribution in [0.1, 0.15) is 16.8 Å². The SMILES string of the molecule is O=C1NNCC(N2Cc3cccc(OCc4ccccn4)c3C2)C1C(F)(F)F. The number of alkyl halides is 3. The summed E-state index contributed by atoms with van der Waals surface area (Å²) in [6, 6.07) is 10.0. The third kappa shape index (κ3) is 3.67. The number of pyridine rings is 1. The lowest BCUT2D eigenvalue weighted by Crippen LogP contribution is -2.63. The Balaban J connectivity index is 1.52. The number of carbonyl (C=O) groups is 1. The maximum atomic E-state index is 13.5. The Labute approximate surface area is 159 Å². The number of hydrogen-bond donors (Lipinski definition) is 2. The third-order valence-electron chi connectivity index (χ3n) is 5.08. The Morgan fingerprint density at radius 3 is 2.79 bits per heavy atom. The Hall–Kier alpha value is -2.65. The smallest absolute Gasteiger partial charge is 0.402 e. The molecule has 0 aliphatic carbocycles. The Bertz CT molecular complexity index is 860. The van der Waals surface area contributed by atoms with Gasteiger partial charge in [0.05, 0.1) is 5.69 Å². The van der Waals surface area contributed by atoms with E-state index in [1.807, 2.05) is 30.3 Å². The van der Waals surface area contributed by atoms with Gasteiger partial charge in [-0.1, -0.05) is 18.2 Å². The first-order chi connectivity index (χ1) is 13.4. The molecule has 2 unspecified atom stereocenters. The van der Waals surface area contributed by atoms with Crippen LogP contribution in [0.15, 0.2) is 42.6 Å². The lowest BCUT2D eigenvalue weighted by molar-refractivity contribution is -0.201. The van der Waals surface area contributed by atoms with Gasteiger partial charge in [0, 0.05) is 37.4 Å². The van der Waals surface area contributed by atoms with Gasteiger partial charge in [0.2, 0.25) is 5.91 Å². The van der Waals surface area contributed by atoms with E-state index >= 15 is 0 Å². The van der Waals surface area contributed by atoms with Crippen LogP contribution in [-0.4, -0.2) is 34.6 Å². The summed E-state index contributed by atoms with van der Waals surface area (Å²) in [6.07, 6.45) is -2.93. The van der Waals surface area contributed by atoms with Gasteiger partial charge in [-0.05, 0) is 23.8 Å². The molecule has 1 aromatic carbocycles. The summed E-state index contributed by atoms with van der Waals surface area (Å²) in [5.74, 6) is -2.49. The monoisotopic (exact) mass is 392 g/mol. The fourth-order valence-corrected chi connectivity index (χ4v) is 3.74. The van der Waals surface area contributed by atoms with E-state index < -0.39 is 24.0 Å². The Morgan fingerprint density at radius 2 is 2.04 bits per heavy atom. The molecule has 1 saturated heterocycles. The van der Waals surface area contributed by atoms with E-state index in [4.69, 9.17) is 4.74 Å². The zero-order valence-corrected chi connectivity index (χ0v) is 14.9. The van der Waals surface area contributed by atoms with E-state index in [1.54, 1.807) is 17.2 Å². The van der Waals surface area contributed by atoms with Crippen molar-refractivity contribution in [1.29, 1.82) is 0 Å². The second kappa shape index (κ2) is 7.40. The molecule has 3 heterocycles. The minimum atomic E-state index is -4.61. The predicted octanol–water partition coefficient (Wildman–Crippen LogP) is 2.16. The van der Waals surface area contributed by atoms with Crippen LogP contribution in [0.25, 0.3) is 0 Å². The summed E-state index contributed by atoms with van der Waals surface area (Å²) in [5.41, 5.74) is 7.19. The Kier molecular flexibility index (Phi) is 4.94. The highest BCUT2D eigenvalue weighted by Crippen LogP contribution is 2.38. The van der Waals surface area contributed by atoms with E-state index in [-0.39, 0.29) is 13.2 Å². The first-order valence-electron chi connectivity index (χ1n) is 8.90. The summed E-state index contributed by atoms with van der Waals surface area (Å²) in [4.78, 5) is 17.7. The fraction of sp³-hybridized carbons (Fsp3) is 0.368. The number of ether oxygens (including phenoxy) is 1. The molecule has 2 aliphatic heterocycles. The molecular formula is C19H19F3N4O2. The van der Waals surface area contributed by atoms with Crippen molar-refractivity contribution >= 4 is 5.91 Å². The number of nitrogens with zero attached hydrogens (tertiary/aromatic N) is 2. The second-order valence-electron chi connectivity index (χ2n) is 6.87. The zero-order chi connectivity index (χ0) is 19.7. The van der Waals surface area contributed by atoms with Crippen LogP contribution < -0.4 is 15.6 Å². The summed E-state index contributed by atoms with van der Waals surface area (Å²) < 4.78 is 46.3. The lowest BCUT2D eigenvalue weighted by atomic mass is 9.95. The highest BCUT2D eigenvalue weighted by molar-refractivity contribution is 5.80. The largest absolute Gasteiger partial charge is 0.487 e. The van der Waals surface area contributed by atoms with Gasteiger partial charge in [0.25, 0.3) is 0 Å². The summed E-state index contributed by atoms with van der Waals surface area (Å²) >= 11 is 0. The molecule has 4 rings (SSSR count). The van der Waals surface area contributed by atoms with Crippen LogP contribution in [0.5, 0.6) is 5.75 Å². The van der Waals surface area contributed by atoms with Crippen molar-refractivity contribution < 1.29 is 22.7 Å². The van der Waals surface area contributed by atoms with Crippen molar-refractivity contribution in [3.05, 3.63) is 59.4 Å². The van der Waals surface area contributed by atoms with Crippen LogP contribution in [-0.2, 0) is 24.5 Å². The van der Waals surface area contributed by atoms with Crippen molar-refractivity contribution in [3.63, 3.8) is 0 Å². The third-order valence-corrected chi connectivity index (χ3v) is 5.08. The van der Waals surface area contributed by atoms with E-state index in [0.29, 0.717) is 18.8 Å². The minimum absolute atomic E-state index is 0.0219. The van der Waals surface area contributed by atoms with E-state index in [2.05, 4.69) is 15.8 Å². The molecule has 148 valence electrons.